The summed E-state index contributed by atoms with van der Waals surface area (Å²) in [6.07, 6.45) is 6.10. The van der Waals surface area contributed by atoms with Crippen molar-refractivity contribution in [3.8, 4) is 0 Å². The molecule has 0 saturated carbocycles. The number of nitrogens with zero attached hydrogens (tertiary/aromatic N) is 3. The van der Waals surface area contributed by atoms with E-state index >= 15 is 0 Å². The van der Waals surface area contributed by atoms with Gasteiger partial charge in [0.25, 0.3) is 0 Å². The topological polar surface area (TPSA) is 52.2 Å². The van der Waals surface area contributed by atoms with E-state index in [9.17, 15) is 4.79 Å². The van der Waals surface area contributed by atoms with Gasteiger partial charge in [0.1, 0.15) is 5.65 Å². The van der Waals surface area contributed by atoms with E-state index in [2.05, 4.69) is 46.6 Å². The maximum atomic E-state index is 12.0. The number of piperidine rings is 1. The maximum Gasteiger partial charge on any atom is 0.222 e. The second-order valence-electron chi connectivity index (χ2n) is 9.31. The highest BCUT2D eigenvalue weighted by molar-refractivity contribution is 5.81. The van der Waals surface area contributed by atoms with Crippen LogP contribution in [0.5, 0.6) is 0 Å². The molecule has 2 saturated heterocycles. The fourth-order valence-electron chi connectivity index (χ4n) is 4.76. The fraction of sp³-hybridized carbons (Fsp3) is 0.636. The molecule has 5 heteroatoms. The highest BCUT2D eigenvalue weighted by atomic mass is 16.2. The lowest BCUT2D eigenvalue weighted by Gasteiger charge is -2.35. The van der Waals surface area contributed by atoms with Gasteiger partial charge in [-0.15, -0.1) is 0 Å². The van der Waals surface area contributed by atoms with Gasteiger partial charge in [-0.25, -0.2) is 4.98 Å². The number of carbonyl (C=O) groups is 1. The summed E-state index contributed by atoms with van der Waals surface area (Å²) in [6, 6.07) is 4.22. The largest absolute Gasteiger partial charge is 0.342 e. The lowest BCUT2D eigenvalue weighted by atomic mass is 9.88. The molecule has 1 atom stereocenters. The quantitative estimate of drug-likeness (QED) is 0.895. The maximum absolute atomic E-state index is 12.0. The average Bonchev–Trinajstić information content (AvgIpc) is 3.19. The van der Waals surface area contributed by atoms with Crippen molar-refractivity contribution in [3.63, 3.8) is 0 Å². The number of aromatic amines is 1. The number of rotatable bonds is 4. The molecule has 1 amide bonds. The Balaban J connectivity index is 1.52. The molecule has 0 spiro atoms. The van der Waals surface area contributed by atoms with Gasteiger partial charge in [-0.2, -0.15) is 0 Å². The van der Waals surface area contributed by atoms with Crippen LogP contribution in [0.15, 0.2) is 18.3 Å². The molecule has 2 aromatic rings. The number of H-pyrrole nitrogens is 1. The summed E-state index contributed by atoms with van der Waals surface area (Å²) in [4.78, 5) is 24.8. The molecule has 0 radical (unpaired) electrons. The molecule has 0 aliphatic carbocycles. The Morgan fingerprint density at radius 3 is 2.85 bits per heavy atom. The van der Waals surface area contributed by atoms with Crippen molar-refractivity contribution in [2.24, 2.45) is 5.92 Å². The number of carbonyl (C=O) groups excluding carboxylic acids is 1. The minimum atomic E-state index is 0.0627. The van der Waals surface area contributed by atoms with E-state index in [1.165, 1.54) is 29.5 Å². The van der Waals surface area contributed by atoms with E-state index in [-0.39, 0.29) is 5.41 Å². The molecule has 1 N–H and O–H groups in total. The first kappa shape index (κ1) is 18.5. The van der Waals surface area contributed by atoms with Crippen molar-refractivity contribution in [2.75, 3.05) is 26.2 Å². The predicted molar refractivity (Wildman–Crippen MR) is 109 cm³/mol. The van der Waals surface area contributed by atoms with Crippen LogP contribution in [0.3, 0.4) is 0 Å². The van der Waals surface area contributed by atoms with Crippen LogP contribution in [0.4, 0.5) is 0 Å². The number of amides is 1. The predicted octanol–water partition coefficient (Wildman–Crippen LogP) is 3.69. The monoisotopic (exact) mass is 368 g/mol. The van der Waals surface area contributed by atoms with Crippen molar-refractivity contribution in [3.05, 3.63) is 29.6 Å². The van der Waals surface area contributed by atoms with Crippen LogP contribution in [0.2, 0.25) is 0 Å². The molecule has 2 aromatic heterocycles. The Kier molecular flexibility index (Phi) is 4.97. The molecule has 4 rings (SSSR count). The molecular formula is C22H32N4O. The van der Waals surface area contributed by atoms with Crippen LogP contribution in [0.25, 0.3) is 11.0 Å². The molecule has 0 aromatic carbocycles. The van der Waals surface area contributed by atoms with Crippen LogP contribution < -0.4 is 0 Å². The molecule has 0 bridgehead atoms. The van der Waals surface area contributed by atoms with Gasteiger partial charge < -0.3 is 9.88 Å². The van der Waals surface area contributed by atoms with Gasteiger partial charge in [-0.3, -0.25) is 9.69 Å². The van der Waals surface area contributed by atoms with E-state index < -0.39 is 0 Å². The van der Waals surface area contributed by atoms with Crippen molar-refractivity contribution >= 4 is 16.9 Å². The van der Waals surface area contributed by atoms with Gasteiger partial charge in [0.2, 0.25) is 5.91 Å². The van der Waals surface area contributed by atoms with Gasteiger partial charge >= 0.3 is 0 Å². The lowest BCUT2D eigenvalue weighted by molar-refractivity contribution is -0.128. The van der Waals surface area contributed by atoms with E-state index in [0.29, 0.717) is 11.8 Å². The molecule has 0 unspecified atom stereocenters. The summed E-state index contributed by atoms with van der Waals surface area (Å²) in [5.41, 5.74) is 3.75. The Bertz CT molecular complexity index is 819. The number of likely N-dealkylation sites (tertiary alicyclic amines) is 2. The zero-order valence-electron chi connectivity index (χ0n) is 16.9. The Morgan fingerprint density at radius 2 is 2.11 bits per heavy atom. The number of hydrogen-bond donors (Lipinski definition) is 1. The second-order valence-corrected chi connectivity index (χ2v) is 9.31. The third-order valence-electron chi connectivity index (χ3n) is 6.06. The molecule has 2 aliphatic heterocycles. The zero-order chi connectivity index (χ0) is 19.0. The minimum absolute atomic E-state index is 0.0627. The first-order valence-electron chi connectivity index (χ1n) is 10.4. The third kappa shape index (κ3) is 3.88. The van der Waals surface area contributed by atoms with Crippen molar-refractivity contribution in [2.45, 2.75) is 58.4 Å². The summed E-state index contributed by atoms with van der Waals surface area (Å²) in [6.45, 7) is 11.9. The molecule has 4 heterocycles. The number of nitrogens with one attached hydrogen (secondary N) is 1. The molecule has 27 heavy (non-hydrogen) atoms. The summed E-state index contributed by atoms with van der Waals surface area (Å²) < 4.78 is 0. The smallest absolute Gasteiger partial charge is 0.222 e. The van der Waals surface area contributed by atoms with Crippen LogP contribution in [-0.4, -0.2) is 51.9 Å². The fourth-order valence-corrected chi connectivity index (χ4v) is 4.76. The standard InChI is InChI=1S/C22H32N4O/c1-22(2,3)20-18(17-8-4-10-23-21(17)24-20)15-25-11-5-7-16(13-25)14-26-12-6-9-19(26)27/h4,8,10,16H,5-7,9,11-15H2,1-3H3,(H,23,24)/t16-/m1/s1. The van der Waals surface area contributed by atoms with E-state index in [1.807, 2.05) is 12.3 Å². The highest BCUT2D eigenvalue weighted by Gasteiger charge is 2.29. The van der Waals surface area contributed by atoms with E-state index in [4.69, 9.17) is 0 Å². The Hall–Kier alpha value is -1.88. The zero-order valence-corrected chi connectivity index (χ0v) is 16.9. The first-order chi connectivity index (χ1) is 12.9. The number of fused-ring (bicyclic) bond motifs is 1. The summed E-state index contributed by atoms with van der Waals surface area (Å²) >= 11 is 0. The van der Waals surface area contributed by atoms with Gasteiger partial charge in [-0.1, -0.05) is 20.8 Å². The minimum Gasteiger partial charge on any atom is -0.342 e. The summed E-state index contributed by atoms with van der Waals surface area (Å²) in [7, 11) is 0. The number of pyridine rings is 1. The van der Waals surface area contributed by atoms with Gasteiger partial charge in [0.05, 0.1) is 0 Å². The average molecular weight is 369 g/mol. The van der Waals surface area contributed by atoms with Crippen LogP contribution in [-0.2, 0) is 16.8 Å². The number of aromatic nitrogens is 2. The molecular weight excluding hydrogens is 336 g/mol. The highest BCUT2D eigenvalue weighted by Crippen LogP contribution is 2.32. The molecule has 2 aliphatic rings. The summed E-state index contributed by atoms with van der Waals surface area (Å²) in [5, 5.41) is 1.25. The van der Waals surface area contributed by atoms with Gasteiger partial charge in [-0.05, 0) is 49.4 Å². The molecule has 5 nitrogen and oxygen atoms in total. The van der Waals surface area contributed by atoms with Crippen LogP contribution in [0.1, 0.15) is 57.7 Å². The Labute approximate surface area is 162 Å². The number of hydrogen-bond acceptors (Lipinski definition) is 3. The molecule has 2 fully saturated rings. The normalized spacial score (nSPS) is 22.1. The van der Waals surface area contributed by atoms with Crippen LogP contribution in [0, 0.1) is 5.92 Å². The molecule has 146 valence electrons. The van der Waals surface area contributed by atoms with Gasteiger partial charge in [0, 0.05) is 55.3 Å². The Morgan fingerprint density at radius 1 is 1.26 bits per heavy atom. The van der Waals surface area contributed by atoms with E-state index in [0.717, 1.165) is 51.2 Å². The second kappa shape index (κ2) is 7.27. The summed E-state index contributed by atoms with van der Waals surface area (Å²) in [5.74, 6) is 0.951. The lowest BCUT2D eigenvalue weighted by Crippen LogP contribution is -2.41. The van der Waals surface area contributed by atoms with Gasteiger partial charge in [0.15, 0.2) is 0 Å². The van der Waals surface area contributed by atoms with Crippen molar-refractivity contribution < 1.29 is 4.79 Å². The SMILES string of the molecule is CC(C)(C)c1[nH]c2ncccc2c1CN1CCC[C@@H](CN2CCCC2=O)C1. The van der Waals surface area contributed by atoms with E-state index in [1.54, 1.807) is 0 Å². The third-order valence-corrected chi connectivity index (χ3v) is 6.06. The van der Waals surface area contributed by atoms with Crippen molar-refractivity contribution in [1.82, 2.24) is 19.8 Å². The first-order valence-corrected chi connectivity index (χ1v) is 10.4. The van der Waals surface area contributed by atoms with Crippen LogP contribution >= 0.6 is 0 Å². The van der Waals surface area contributed by atoms with Crippen molar-refractivity contribution in [1.29, 1.82) is 0 Å².